The van der Waals surface area contributed by atoms with E-state index >= 15 is 0 Å². The van der Waals surface area contributed by atoms with Crippen LogP contribution < -0.4 is 5.32 Å². The van der Waals surface area contributed by atoms with Crippen LogP contribution in [0.5, 0.6) is 0 Å². The Bertz CT molecular complexity index is 574. The van der Waals surface area contributed by atoms with Gasteiger partial charge < -0.3 is 10.3 Å². The molecule has 0 bridgehead atoms. The van der Waals surface area contributed by atoms with E-state index in [1.807, 2.05) is 0 Å². The van der Waals surface area contributed by atoms with Crippen molar-refractivity contribution >= 4 is 17.2 Å². The molecule has 19 heavy (non-hydrogen) atoms. The van der Waals surface area contributed by atoms with Crippen molar-refractivity contribution < 1.29 is 4.79 Å². The Morgan fingerprint density at radius 2 is 2.53 bits per heavy atom. The number of hydrogen-bond acceptors (Lipinski definition) is 3. The summed E-state index contributed by atoms with van der Waals surface area (Å²) in [5.74, 6) is 0.754. The summed E-state index contributed by atoms with van der Waals surface area (Å²) in [4.78, 5) is 21.2. The SMILES string of the molecule is CC1CCc2sc(C(=O)NCc3cnc[nH]3)cc2C1. The first-order valence-corrected chi connectivity index (χ1v) is 7.41. The number of amides is 1. The highest BCUT2D eigenvalue weighted by Crippen LogP contribution is 2.32. The van der Waals surface area contributed by atoms with E-state index in [4.69, 9.17) is 0 Å². The molecular formula is C14H17N3OS. The highest BCUT2D eigenvalue weighted by atomic mass is 32.1. The third-order valence-corrected chi connectivity index (χ3v) is 4.78. The summed E-state index contributed by atoms with van der Waals surface area (Å²) in [5, 5.41) is 2.92. The smallest absolute Gasteiger partial charge is 0.261 e. The van der Waals surface area contributed by atoms with E-state index in [0.29, 0.717) is 6.54 Å². The van der Waals surface area contributed by atoms with Gasteiger partial charge in [-0.05, 0) is 36.8 Å². The number of nitrogens with zero attached hydrogens (tertiary/aromatic N) is 1. The fraction of sp³-hybridized carbons (Fsp3) is 0.429. The number of nitrogens with one attached hydrogen (secondary N) is 2. The van der Waals surface area contributed by atoms with Gasteiger partial charge in [-0.25, -0.2) is 4.98 Å². The summed E-state index contributed by atoms with van der Waals surface area (Å²) in [7, 11) is 0. The number of thiophene rings is 1. The molecule has 5 heteroatoms. The van der Waals surface area contributed by atoms with Gasteiger partial charge in [0.2, 0.25) is 0 Å². The monoisotopic (exact) mass is 275 g/mol. The van der Waals surface area contributed by atoms with Crippen molar-refractivity contribution in [2.45, 2.75) is 32.7 Å². The molecule has 1 aliphatic rings. The molecule has 0 saturated heterocycles. The normalized spacial score (nSPS) is 18.1. The van der Waals surface area contributed by atoms with Gasteiger partial charge in [0.05, 0.1) is 23.4 Å². The van der Waals surface area contributed by atoms with Crippen molar-refractivity contribution in [1.29, 1.82) is 0 Å². The Morgan fingerprint density at radius 1 is 1.63 bits per heavy atom. The lowest BCUT2D eigenvalue weighted by atomic mass is 9.90. The number of aryl methyl sites for hydroxylation is 1. The molecule has 1 unspecified atom stereocenters. The molecule has 0 radical (unpaired) electrons. The number of aromatic amines is 1. The minimum Gasteiger partial charge on any atom is -0.347 e. The molecule has 1 aliphatic carbocycles. The molecule has 100 valence electrons. The molecule has 2 heterocycles. The van der Waals surface area contributed by atoms with Crippen LogP contribution in [0.15, 0.2) is 18.6 Å². The van der Waals surface area contributed by atoms with Gasteiger partial charge in [0.25, 0.3) is 5.91 Å². The molecule has 0 saturated carbocycles. The molecule has 1 atom stereocenters. The quantitative estimate of drug-likeness (QED) is 0.904. The average Bonchev–Trinajstić information content (AvgIpc) is 3.04. The third-order valence-electron chi connectivity index (χ3n) is 3.55. The number of hydrogen-bond donors (Lipinski definition) is 2. The Labute approximate surface area is 116 Å². The van der Waals surface area contributed by atoms with Gasteiger partial charge >= 0.3 is 0 Å². The van der Waals surface area contributed by atoms with Crippen molar-refractivity contribution in [3.8, 4) is 0 Å². The van der Waals surface area contributed by atoms with Gasteiger partial charge in [-0.3, -0.25) is 4.79 Å². The molecule has 2 aromatic heterocycles. The standard InChI is InChI=1S/C14H17N3OS/c1-9-2-3-12-10(4-9)5-13(19-12)14(18)16-7-11-6-15-8-17-11/h5-6,8-9H,2-4,7H2,1H3,(H,15,17)(H,16,18). The Hall–Kier alpha value is -1.62. The van der Waals surface area contributed by atoms with Crippen LogP contribution in [0, 0.1) is 5.92 Å². The minimum atomic E-state index is 0.0154. The van der Waals surface area contributed by atoms with E-state index < -0.39 is 0 Å². The topological polar surface area (TPSA) is 57.8 Å². The van der Waals surface area contributed by atoms with Crippen LogP contribution in [-0.4, -0.2) is 15.9 Å². The van der Waals surface area contributed by atoms with Crippen molar-refractivity contribution in [3.63, 3.8) is 0 Å². The fourth-order valence-corrected chi connectivity index (χ4v) is 3.59. The van der Waals surface area contributed by atoms with Crippen LogP contribution >= 0.6 is 11.3 Å². The van der Waals surface area contributed by atoms with Gasteiger partial charge in [0, 0.05) is 11.1 Å². The van der Waals surface area contributed by atoms with E-state index in [0.717, 1.165) is 29.3 Å². The van der Waals surface area contributed by atoms with Gasteiger partial charge in [-0.15, -0.1) is 11.3 Å². The maximum Gasteiger partial charge on any atom is 0.261 e. The first-order chi connectivity index (χ1) is 9.22. The second-order valence-corrected chi connectivity index (χ2v) is 6.30. The number of H-pyrrole nitrogens is 1. The van der Waals surface area contributed by atoms with Crippen LogP contribution in [-0.2, 0) is 19.4 Å². The Kier molecular flexibility index (Phi) is 3.38. The minimum absolute atomic E-state index is 0.0154. The largest absolute Gasteiger partial charge is 0.347 e. The Morgan fingerprint density at radius 3 is 3.32 bits per heavy atom. The highest BCUT2D eigenvalue weighted by molar-refractivity contribution is 7.14. The van der Waals surface area contributed by atoms with E-state index in [2.05, 4.69) is 28.3 Å². The summed E-state index contributed by atoms with van der Waals surface area (Å²) >= 11 is 1.64. The number of rotatable bonds is 3. The zero-order valence-corrected chi connectivity index (χ0v) is 11.7. The molecular weight excluding hydrogens is 258 g/mol. The lowest BCUT2D eigenvalue weighted by Gasteiger charge is -2.16. The van der Waals surface area contributed by atoms with Crippen molar-refractivity contribution in [1.82, 2.24) is 15.3 Å². The number of imidazole rings is 1. The predicted octanol–water partition coefficient (Wildman–Crippen LogP) is 2.53. The highest BCUT2D eigenvalue weighted by Gasteiger charge is 2.20. The van der Waals surface area contributed by atoms with E-state index in [-0.39, 0.29) is 5.91 Å². The second kappa shape index (κ2) is 5.17. The van der Waals surface area contributed by atoms with Crippen LogP contribution in [0.3, 0.4) is 0 Å². The number of fused-ring (bicyclic) bond motifs is 1. The fourth-order valence-electron chi connectivity index (χ4n) is 2.46. The molecule has 1 amide bonds. The molecule has 0 fully saturated rings. The molecule has 3 rings (SSSR count). The molecule has 2 N–H and O–H groups in total. The molecule has 2 aromatic rings. The Balaban J connectivity index is 1.67. The van der Waals surface area contributed by atoms with Crippen LogP contribution in [0.2, 0.25) is 0 Å². The van der Waals surface area contributed by atoms with Gasteiger partial charge in [-0.1, -0.05) is 6.92 Å². The molecule has 0 aliphatic heterocycles. The van der Waals surface area contributed by atoms with Crippen molar-refractivity contribution in [2.24, 2.45) is 5.92 Å². The van der Waals surface area contributed by atoms with Crippen LogP contribution in [0.1, 0.15) is 39.2 Å². The molecule has 4 nitrogen and oxygen atoms in total. The summed E-state index contributed by atoms with van der Waals surface area (Å²) in [6.07, 6.45) is 6.81. The maximum atomic E-state index is 12.1. The van der Waals surface area contributed by atoms with Crippen molar-refractivity contribution in [3.05, 3.63) is 39.6 Å². The predicted molar refractivity (Wildman–Crippen MR) is 75.3 cm³/mol. The average molecular weight is 275 g/mol. The number of carbonyl (C=O) groups is 1. The first-order valence-electron chi connectivity index (χ1n) is 6.59. The van der Waals surface area contributed by atoms with Gasteiger partial charge in [0.15, 0.2) is 0 Å². The summed E-state index contributed by atoms with van der Waals surface area (Å²) in [5.41, 5.74) is 2.29. The lowest BCUT2D eigenvalue weighted by Crippen LogP contribution is -2.21. The van der Waals surface area contributed by atoms with E-state index in [1.165, 1.54) is 16.9 Å². The zero-order chi connectivity index (χ0) is 13.2. The number of aromatic nitrogens is 2. The van der Waals surface area contributed by atoms with Crippen LogP contribution in [0.4, 0.5) is 0 Å². The zero-order valence-electron chi connectivity index (χ0n) is 10.9. The summed E-state index contributed by atoms with van der Waals surface area (Å²) in [6, 6.07) is 2.07. The van der Waals surface area contributed by atoms with E-state index in [1.54, 1.807) is 23.9 Å². The maximum absolute atomic E-state index is 12.1. The van der Waals surface area contributed by atoms with Gasteiger partial charge in [-0.2, -0.15) is 0 Å². The summed E-state index contributed by atoms with van der Waals surface area (Å²) in [6.45, 7) is 2.77. The number of carbonyl (C=O) groups excluding carboxylic acids is 1. The molecule has 0 spiro atoms. The second-order valence-electron chi connectivity index (χ2n) is 5.17. The molecule has 0 aromatic carbocycles. The van der Waals surface area contributed by atoms with Gasteiger partial charge in [0.1, 0.15) is 0 Å². The third kappa shape index (κ3) is 2.71. The summed E-state index contributed by atoms with van der Waals surface area (Å²) < 4.78 is 0. The van der Waals surface area contributed by atoms with Crippen molar-refractivity contribution in [2.75, 3.05) is 0 Å². The lowest BCUT2D eigenvalue weighted by molar-refractivity contribution is 0.0954. The van der Waals surface area contributed by atoms with Crippen LogP contribution in [0.25, 0.3) is 0 Å². The van der Waals surface area contributed by atoms with E-state index in [9.17, 15) is 4.79 Å². The first kappa shape index (κ1) is 12.4.